The predicted octanol–water partition coefficient (Wildman–Crippen LogP) is 7.55. The molecule has 0 spiro atoms. The first-order chi connectivity index (χ1) is 19.4. The number of amides is 2. The minimum absolute atomic E-state index is 0.110. The van der Waals surface area contributed by atoms with E-state index in [9.17, 15) is 9.59 Å². The lowest BCUT2D eigenvalue weighted by Gasteiger charge is -2.23. The zero-order chi connectivity index (χ0) is 28.8. The van der Waals surface area contributed by atoms with Crippen LogP contribution in [0.15, 0.2) is 49.6 Å². The van der Waals surface area contributed by atoms with Crippen LogP contribution in [0.25, 0.3) is 21.8 Å². The molecule has 1 fully saturated rings. The predicted molar refractivity (Wildman–Crippen MR) is 165 cm³/mol. The van der Waals surface area contributed by atoms with Crippen LogP contribution in [0.2, 0.25) is 5.02 Å². The van der Waals surface area contributed by atoms with Crippen LogP contribution in [-0.4, -0.2) is 32.6 Å². The molecule has 1 aromatic carbocycles. The van der Waals surface area contributed by atoms with Crippen molar-refractivity contribution >= 4 is 45.5 Å². The van der Waals surface area contributed by atoms with Gasteiger partial charge in [0.25, 0.3) is 5.91 Å². The molecule has 2 aliphatic rings. The Labute approximate surface area is 245 Å². The van der Waals surface area contributed by atoms with E-state index in [-0.39, 0.29) is 17.9 Å². The van der Waals surface area contributed by atoms with Crippen molar-refractivity contribution in [2.45, 2.75) is 71.8 Å². The number of allylic oxidation sites excluding steroid dienone is 4. The van der Waals surface area contributed by atoms with Gasteiger partial charge in [-0.25, -0.2) is 9.67 Å². The van der Waals surface area contributed by atoms with Gasteiger partial charge in [0.2, 0.25) is 5.91 Å². The number of nitrogens with one attached hydrogen (secondary N) is 2. The molecule has 0 saturated heterocycles. The minimum Gasteiger partial charge on any atom is -0.349 e. The highest BCUT2D eigenvalue weighted by Crippen LogP contribution is 2.44. The van der Waals surface area contributed by atoms with E-state index in [1.54, 1.807) is 24.3 Å². The number of aromatic nitrogens is 3. The molecule has 40 heavy (non-hydrogen) atoms. The molecule has 2 aromatic heterocycles. The zero-order valence-electron chi connectivity index (χ0n) is 23.3. The molecule has 0 radical (unpaired) electrons. The molecule has 0 bridgehead atoms. The van der Waals surface area contributed by atoms with Crippen molar-refractivity contribution in [3.05, 3.63) is 77.1 Å². The highest BCUT2D eigenvalue weighted by molar-refractivity contribution is 7.19. The van der Waals surface area contributed by atoms with Crippen LogP contribution in [0, 0.1) is 0 Å². The number of halogens is 1. The van der Waals surface area contributed by atoms with Crippen molar-refractivity contribution in [2.24, 2.45) is 0 Å². The number of benzene rings is 1. The molecule has 0 aliphatic heterocycles. The summed E-state index contributed by atoms with van der Waals surface area (Å²) in [6.45, 7) is 13.3. The summed E-state index contributed by atoms with van der Waals surface area (Å²) in [5, 5.41) is 11.9. The molecule has 210 valence electrons. The van der Waals surface area contributed by atoms with Crippen LogP contribution in [0.3, 0.4) is 0 Å². The Hall–Kier alpha value is -3.49. The van der Waals surface area contributed by atoms with Gasteiger partial charge < -0.3 is 10.6 Å². The summed E-state index contributed by atoms with van der Waals surface area (Å²) in [4.78, 5) is 30.2. The third kappa shape index (κ3) is 6.13. The van der Waals surface area contributed by atoms with E-state index in [4.69, 9.17) is 16.7 Å². The second kappa shape index (κ2) is 13.2. The van der Waals surface area contributed by atoms with Crippen molar-refractivity contribution in [2.75, 3.05) is 5.32 Å². The monoisotopic (exact) mass is 577 g/mol. The lowest BCUT2D eigenvalue weighted by Crippen LogP contribution is -2.36. The minimum atomic E-state index is -0.168. The van der Waals surface area contributed by atoms with Crippen LogP contribution < -0.4 is 10.6 Å². The molecule has 2 N–H and O–H groups in total. The Bertz CT molecular complexity index is 1460. The van der Waals surface area contributed by atoms with E-state index in [1.807, 2.05) is 30.7 Å². The highest BCUT2D eigenvalue weighted by Gasteiger charge is 2.31. The van der Waals surface area contributed by atoms with Crippen molar-refractivity contribution in [1.82, 2.24) is 20.1 Å². The Kier molecular flexibility index (Phi) is 9.76. The highest BCUT2D eigenvalue weighted by atomic mass is 35.5. The van der Waals surface area contributed by atoms with Crippen LogP contribution in [0.4, 0.5) is 5.13 Å². The van der Waals surface area contributed by atoms with E-state index < -0.39 is 0 Å². The molecule has 3 aromatic rings. The average Bonchev–Trinajstić information content (AvgIpc) is 3.54. The Morgan fingerprint density at radius 1 is 1.15 bits per heavy atom. The van der Waals surface area contributed by atoms with Crippen LogP contribution in [0.5, 0.6) is 0 Å². The summed E-state index contributed by atoms with van der Waals surface area (Å²) in [6.07, 6.45) is 12.4. The molecular weight excluding hydrogens is 542 g/mol. The van der Waals surface area contributed by atoms with E-state index in [0.29, 0.717) is 21.4 Å². The third-order valence-corrected chi connectivity index (χ3v) is 8.28. The van der Waals surface area contributed by atoms with Gasteiger partial charge in [-0.1, -0.05) is 87.4 Å². The average molecular weight is 578 g/mol. The van der Waals surface area contributed by atoms with Gasteiger partial charge in [0.05, 0.1) is 32.7 Å². The molecule has 1 saturated carbocycles. The number of hydrogen-bond donors (Lipinski definition) is 2. The Morgan fingerprint density at radius 2 is 1.90 bits per heavy atom. The van der Waals surface area contributed by atoms with Gasteiger partial charge in [-0.15, -0.1) is 0 Å². The number of hydrogen-bond acceptors (Lipinski definition) is 5. The first-order valence-corrected chi connectivity index (χ1v) is 15.0. The number of aryl methyl sites for hydroxylation is 1. The number of thiazole rings is 1. The maximum absolute atomic E-state index is 12.9. The smallest absolute Gasteiger partial charge is 0.251 e. The van der Waals surface area contributed by atoms with Crippen LogP contribution in [-0.2, 0) is 17.6 Å². The van der Waals surface area contributed by atoms with Gasteiger partial charge in [0.15, 0.2) is 5.13 Å². The lowest BCUT2D eigenvalue weighted by atomic mass is 9.94. The fourth-order valence-electron chi connectivity index (χ4n) is 5.19. The van der Waals surface area contributed by atoms with E-state index >= 15 is 0 Å². The molecule has 2 amide bonds. The summed E-state index contributed by atoms with van der Waals surface area (Å²) < 4.78 is 1.82. The van der Waals surface area contributed by atoms with Gasteiger partial charge >= 0.3 is 0 Å². The van der Waals surface area contributed by atoms with Crippen molar-refractivity contribution in [1.29, 1.82) is 0 Å². The first-order valence-electron chi connectivity index (χ1n) is 13.9. The number of anilines is 1. The fourth-order valence-corrected chi connectivity index (χ4v) is 6.56. The number of carbonyl (C=O) groups is 2. The summed E-state index contributed by atoms with van der Waals surface area (Å²) in [5.74, 6) is -0.278. The standard InChI is InChI=1S/C29H30ClN5O2S.C2H6/c1-4-9-18(5-2)25-21-13-14-23-27(38-29(33-23)31-17(3)36)26(21)35(34-25)24-15-12-19(16-22(24)30)28(37)32-20-10-7-6-8-11-20;1-2/h4-5,9,12,15-16,20H,1-2,6-8,10-11,13-14H2,3H3,(H,32,37)(H,31,33,36);1-2H3/b18-9+;. The van der Waals surface area contributed by atoms with Gasteiger partial charge in [0.1, 0.15) is 0 Å². The van der Waals surface area contributed by atoms with Crippen LogP contribution >= 0.6 is 22.9 Å². The van der Waals surface area contributed by atoms with E-state index in [0.717, 1.165) is 71.6 Å². The summed E-state index contributed by atoms with van der Waals surface area (Å²) in [6, 6.07) is 5.55. The maximum atomic E-state index is 12.9. The van der Waals surface area contributed by atoms with Gasteiger partial charge in [-0.05, 0) is 43.9 Å². The van der Waals surface area contributed by atoms with E-state index in [1.165, 1.54) is 24.7 Å². The van der Waals surface area contributed by atoms with Gasteiger partial charge in [0, 0.05) is 29.7 Å². The topological polar surface area (TPSA) is 88.9 Å². The third-order valence-electron chi connectivity index (χ3n) is 6.96. The molecular formula is C31H36ClN5O2S. The van der Waals surface area contributed by atoms with Gasteiger partial charge in [-0.3, -0.25) is 9.59 Å². The SMILES string of the molecule is C=C/C=C(\C=C)c1nn(-c2ccc(C(=O)NC3CCCCC3)cc2Cl)c2c1CCc1nc(NC(C)=O)sc1-2.CC. The van der Waals surface area contributed by atoms with Gasteiger partial charge in [-0.2, -0.15) is 5.10 Å². The summed E-state index contributed by atoms with van der Waals surface area (Å²) in [5.41, 5.74) is 5.68. The van der Waals surface area contributed by atoms with E-state index in [2.05, 4.69) is 28.8 Å². The molecule has 5 rings (SSSR count). The molecule has 2 aliphatic carbocycles. The maximum Gasteiger partial charge on any atom is 0.251 e. The largest absolute Gasteiger partial charge is 0.349 e. The number of nitrogens with zero attached hydrogens (tertiary/aromatic N) is 3. The normalized spacial score (nSPS) is 14.8. The summed E-state index contributed by atoms with van der Waals surface area (Å²) >= 11 is 8.24. The quantitative estimate of drug-likeness (QED) is 0.284. The summed E-state index contributed by atoms with van der Waals surface area (Å²) in [7, 11) is 0. The molecule has 2 heterocycles. The Morgan fingerprint density at radius 3 is 2.55 bits per heavy atom. The number of carbonyl (C=O) groups excluding carboxylic acids is 2. The zero-order valence-corrected chi connectivity index (χ0v) is 24.9. The van der Waals surface area contributed by atoms with Crippen molar-refractivity contribution < 1.29 is 9.59 Å². The van der Waals surface area contributed by atoms with Crippen LogP contribution in [0.1, 0.15) is 80.2 Å². The fraction of sp³-hybridized carbons (Fsp3) is 0.355. The first kappa shape index (κ1) is 29.5. The van der Waals surface area contributed by atoms with Crippen molar-refractivity contribution in [3.8, 4) is 16.3 Å². The Balaban J connectivity index is 0.00000181. The molecule has 0 unspecified atom stereocenters. The number of rotatable bonds is 7. The molecule has 9 heteroatoms. The molecule has 7 nitrogen and oxygen atoms in total. The lowest BCUT2D eigenvalue weighted by molar-refractivity contribution is -0.114. The molecule has 0 atom stereocenters. The number of fused-ring (bicyclic) bond motifs is 3. The second-order valence-corrected chi connectivity index (χ2v) is 11.0. The second-order valence-electron chi connectivity index (χ2n) is 9.60. The van der Waals surface area contributed by atoms with Crippen molar-refractivity contribution in [3.63, 3.8) is 0 Å².